The number of hydrogen-bond donors (Lipinski definition) is 0. The second kappa shape index (κ2) is 9.36. The van der Waals surface area contributed by atoms with Crippen molar-refractivity contribution in [2.45, 2.75) is 26.3 Å². The van der Waals surface area contributed by atoms with E-state index in [1.54, 1.807) is 4.57 Å². The second-order valence-electron chi connectivity index (χ2n) is 7.17. The minimum absolute atomic E-state index is 0.203. The van der Waals surface area contributed by atoms with Gasteiger partial charge >= 0.3 is 5.97 Å². The van der Waals surface area contributed by atoms with E-state index in [2.05, 4.69) is 4.99 Å². The summed E-state index contributed by atoms with van der Waals surface area (Å²) in [6.07, 6.45) is 2.37. The Labute approximate surface area is 189 Å². The number of nitrogens with zero attached hydrogens (tertiary/aromatic N) is 2. The van der Waals surface area contributed by atoms with Crippen molar-refractivity contribution in [3.63, 3.8) is 0 Å². The molecule has 0 saturated heterocycles. The summed E-state index contributed by atoms with van der Waals surface area (Å²) in [6.45, 7) is 4.39. The van der Waals surface area contributed by atoms with Gasteiger partial charge in [-0.2, -0.15) is 0 Å². The number of thiazole rings is 1. The van der Waals surface area contributed by atoms with Crippen molar-refractivity contribution in [3.05, 3.63) is 96.7 Å². The number of rotatable bonds is 6. The quantitative estimate of drug-likeness (QED) is 0.543. The fourth-order valence-electron chi connectivity index (χ4n) is 3.84. The van der Waals surface area contributed by atoms with Gasteiger partial charge in [0.1, 0.15) is 5.75 Å². The maximum Gasteiger partial charge on any atom is 0.338 e. The summed E-state index contributed by atoms with van der Waals surface area (Å²) in [6, 6.07) is 16.5. The summed E-state index contributed by atoms with van der Waals surface area (Å²) in [5, 5.41) is 0. The number of benzene rings is 2. The molecule has 6 nitrogen and oxygen atoms in total. The van der Waals surface area contributed by atoms with E-state index in [1.165, 1.54) is 18.4 Å². The van der Waals surface area contributed by atoms with Crippen LogP contribution in [0.15, 0.2) is 75.7 Å². The van der Waals surface area contributed by atoms with Gasteiger partial charge in [-0.05, 0) is 31.1 Å². The summed E-state index contributed by atoms with van der Waals surface area (Å²) in [5.74, 6) is 0.236. The lowest BCUT2D eigenvalue weighted by Crippen LogP contribution is -2.40. The highest BCUT2D eigenvalue weighted by Gasteiger charge is 2.33. The number of ether oxygens (including phenoxy) is 2. The average molecular weight is 449 g/mol. The van der Waals surface area contributed by atoms with Gasteiger partial charge < -0.3 is 9.47 Å². The van der Waals surface area contributed by atoms with Crippen LogP contribution in [-0.2, 0) is 9.53 Å². The molecule has 0 unspecified atom stereocenters. The van der Waals surface area contributed by atoms with E-state index in [4.69, 9.17) is 9.47 Å². The molecule has 32 heavy (non-hydrogen) atoms. The molecule has 2 aromatic carbocycles. The van der Waals surface area contributed by atoms with E-state index in [0.717, 1.165) is 11.1 Å². The van der Waals surface area contributed by atoms with Crippen LogP contribution in [0.1, 0.15) is 37.4 Å². The number of aromatic nitrogens is 1. The van der Waals surface area contributed by atoms with Crippen molar-refractivity contribution in [3.8, 4) is 5.75 Å². The zero-order valence-corrected chi connectivity index (χ0v) is 19.0. The van der Waals surface area contributed by atoms with Gasteiger partial charge in [-0.3, -0.25) is 9.36 Å². The van der Waals surface area contributed by atoms with E-state index in [-0.39, 0.29) is 5.56 Å². The van der Waals surface area contributed by atoms with Gasteiger partial charge in [0.15, 0.2) is 4.80 Å². The Hall–Kier alpha value is -3.45. The van der Waals surface area contributed by atoms with E-state index in [9.17, 15) is 9.59 Å². The molecule has 0 amide bonds. The predicted molar refractivity (Wildman–Crippen MR) is 124 cm³/mol. The van der Waals surface area contributed by atoms with Crippen LogP contribution in [0.2, 0.25) is 0 Å². The molecule has 0 aliphatic carbocycles. The van der Waals surface area contributed by atoms with Crippen molar-refractivity contribution in [2.75, 3.05) is 13.7 Å². The van der Waals surface area contributed by atoms with Crippen LogP contribution >= 0.6 is 11.3 Å². The Bertz CT molecular complexity index is 1350. The maximum absolute atomic E-state index is 13.6. The molecule has 0 bridgehead atoms. The van der Waals surface area contributed by atoms with Crippen LogP contribution in [0.25, 0.3) is 6.08 Å². The van der Waals surface area contributed by atoms with Crippen LogP contribution in [0.3, 0.4) is 0 Å². The van der Waals surface area contributed by atoms with Crippen LogP contribution < -0.4 is 19.6 Å². The molecule has 1 aliphatic rings. The Morgan fingerprint density at radius 3 is 2.53 bits per heavy atom. The molecule has 0 N–H and O–H groups in total. The second-order valence-corrected chi connectivity index (χ2v) is 8.18. The Morgan fingerprint density at radius 2 is 1.84 bits per heavy atom. The summed E-state index contributed by atoms with van der Waals surface area (Å²) in [7, 11) is 1.35. The maximum atomic E-state index is 13.6. The lowest BCUT2D eigenvalue weighted by atomic mass is 9.95. The van der Waals surface area contributed by atoms with Crippen molar-refractivity contribution in [2.24, 2.45) is 4.99 Å². The fourth-order valence-corrected chi connectivity index (χ4v) is 4.85. The lowest BCUT2D eigenvalue weighted by molar-refractivity contribution is -0.136. The first kappa shape index (κ1) is 21.8. The van der Waals surface area contributed by atoms with E-state index >= 15 is 0 Å². The monoisotopic (exact) mass is 448 g/mol. The van der Waals surface area contributed by atoms with Crippen LogP contribution in [0.5, 0.6) is 5.75 Å². The number of carbonyl (C=O) groups excluding carboxylic acids is 1. The first-order chi connectivity index (χ1) is 15.6. The first-order valence-corrected chi connectivity index (χ1v) is 11.3. The average Bonchev–Trinajstić information content (AvgIpc) is 3.14. The standard InChI is InChI=1S/C25H24N2O4S/c1-4-18-21(24(29)30-3)22(16-11-7-6-8-12-16)27-23(28)20(32-25(27)26-18)15-17-13-9-10-14-19(17)31-5-2/h6-15,22H,4-5H2,1-3H3/b20-15+/t22-/m1/s1. The summed E-state index contributed by atoms with van der Waals surface area (Å²) in [4.78, 5) is 31.6. The number of para-hydroxylation sites is 1. The minimum atomic E-state index is -0.598. The Morgan fingerprint density at radius 1 is 1.12 bits per heavy atom. The smallest absolute Gasteiger partial charge is 0.338 e. The molecular weight excluding hydrogens is 424 g/mol. The number of hydrogen-bond acceptors (Lipinski definition) is 6. The lowest BCUT2D eigenvalue weighted by Gasteiger charge is -2.25. The minimum Gasteiger partial charge on any atom is -0.493 e. The molecule has 1 aliphatic heterocycles. The van der Waals surface area contributed by atoms with Crippen molar-refractivity contribution in [1.82, 2.24) is 4.57 Å². The molecule has 0 saturated carbocycles. The van der Waals surface area contributed by atoms with Gasteiger partial charge in [-0.1, -0.05) is 66.8 Å². The van der Waals surface area contributed by atoms with Gasteiger partial charge in [0.25, 0.3) is 5.56 Å². The van der Waals surface area contributed by atoms with Gasteiger partial charge in [0, 0.05) is 5.56 Å². The number of methoxy groups -OCH3 is 1. The van der Waals surface area contributed by atoms with Gasteiger partial charge in [0.05, 0.1) is 35.6 Å². The Balaban J connectivity index is 1.99. The highest BCUT2D eigenvalue weighted by atomic mass is 32.1. The third-order valence-corrected chi connectivity index (χ3v) is 6.25. The van der Waals surface area contributed by atoms with Crippen LogP contribution in [0, 0.1) is 0 Å². The number of fused-ring (bicyclic) bond motifs is 1. The normalized spacial score (nSPS) is 15.8. The zero-order valence-electron chi connectivity index (χ0n) is 18.2. The molecule has 1 aromatic heterocycles. The molecule has 7 heteroatoms. The topological polar surface area (TPSA) is 69.9 Å². The third-order valence-electron chi connectivity index (χ3n) is 5.27. The highest BCUT2D eigenvalue weighted by Crippen LogP contribution is 2.31. The molecule has 0 radical (unpaired) electrons. The number of esters is 1. The number of carbonyl (C=O) groups is 1. The SMILES string of the molecule is CCOc1ccccc1/C=c1/sc2n(c1=O)[C@H](c1ccccc1)C(C(=O)OC)=C(CC)N=2. The Kier molecular flexibility index (Phi) is 6.37. The molecule has 1 atom stereocenters. The highest BCUT2D eigenvalue weighted by molar-refractivity contribution is 7.07. The van der Waals surface area contributed by atoms with Crippen LogP contribution in [-0.4, -0.2) is 24.3 Å². The molecule has 0 spiro atoms. The summed E-state index contributed by atoms with van der Waals surface area (Å²) in [5.41, 5.74) is 2.48. The van der Waals surface area contributed by atoms with E-state index in [1.807, 2.05) is 74.5 Å². The van der Waals surface area contributed by atoms with Crippen molar-refractivity contribution in [1.29, 1.82) is 0 Å². The first-order valence-electron chi connectivity index (χ1n) is 10.5. The molecule has 4 rings (SSSR count). The van der Waals surface area contributed by atoms with E-state index < -0.39 is 12.0 Å². The third kappa shape index (κ3) is 3.91. The molecular formula is C25H24N2O4S. The predicted octanol–water partition coefficient (Wildman–Crippen LogP) is 3.20. The van der Waals surface area contributed by atoms with Gasteiger partial charge in [0.2, 0.25) is 0 Å². The molecule has 2 heterocycles. The molecule has 3 aromatic rings. The summed E-state index contributed by atoms with van der Waals surface area (Å²) >= 11 is 1.31. The summed E-state index contributed by atoms with van der Waals surface area (Å²) < 4.78 is 12.9. The van der Waals surface area contributed by atoms with Gasteiger partial charge in [-0.15, -0.1) is 0 Å². The number of allylic oxidation sites excluding steroid dienone is 1. The van der Waals surface area contributed by atoms with E-state index in [0.29, 0.717) is 39.4 Å². The van der Waals surface area contributed by atoms with Gasteiger partial charge in [-0.25, -0.2) is 9.79 Å². The largest absolute Gasteiger partial charge is 0.493 e. The van der Waals surface area contributed by atoms with Crippen molar-refractivity contribution >= 4 is 23.4 Å². The molecule has 0 fully saturated rings. The van der Waals surface area contributed by atoms with Crippen molar-refractivity contribution < 1.29 is 14.3 Å². The van der Waals surface area contributed by atoms with Crippen LogP contribution in [0.4, 0.5) is 0 Å². The fraction of sp³-hybridized carbons (Fsp3) is 0.240. The zero-order chi connectivity index (χ0) is 22.7. The molecule has 164 valence electrons.